The summed E-state index contributed by atoms with van der Waals surface area (Å²) in [5.41, 5.74) is 12.2. The number of hydrogen-bond donors (Lipinski definition) is 0. The highest BCUT2D eigenvalue weighted by molar-refractivity contribution is 7.26. The Morgan fingerprint density at radius 3 is 1.67 bits per heavy atom. The third kappa shape index (κ3) is 5.59. The van der Waals surface area contributed by atoms with Crippen LogP contribution in [0.4, 0.5) is 0 Å². The van der Waals surface area contributed by atoms with E-state index in [1.165, 1.54) is 64.3 Å². The van der Waals surface area contributed by atoms with Gasteiger partial charge in [-0.1, -0.05) is 164 Å². The molecule has 9 aromatic carbocycles. The zero-order valence-electron chi connectivity index (χ0n) is 33.9. The molecule has 0 radical (unpaired) electrons. The maximum Gasteiger partial charge on any atom is 0.164 e. The van der Waals surface area contributed by atoms with Crippen LogP contribution in [-0.4, -0.2) is 24.1 Å². The summed E-state index contributed by atoms with van der Waals surface area (Å²) in [6, 6.07) is 75.5. The van der Waals surface area contributed by atoms with Gasteiger partial charge < -0.3 is 9.13 Å². The molecule has 4 aromatic heterocycles. The molecule has 0 spiro atoms. The average Bonchev–Trinajstić information content (AvgIpc) is 4.03. The molecule has 13 rings (SSSR count). The van der Waals surface area contributed by atoms with Gasteiger partial charge in [-0.3, -0.25) is 0 Å². The van der Waals surface area contributed by atoms with Crippen LogP contribution in [-0.2, 0) is 0 Å². The summed E-state index contributed by atoms with van der Waals surface area (Å²) in [5.74, 6) is 1.92. The van der Waals surface area contributed by atoms with Crippen LogP contribution >= 0.6 is 11.3 Å². The van der Waals surface area contributed by atoms with Gasteiger partial charge in [0.2, 0.25) is 0 Å². The summed E-state index contributed by atoms with van der Waals surface area (Å²) in [5, 5.41) is 7.22. The average molecular weight is 822 g/mol. The van der Waals surface area contributed by atoms with Crippen molar-refractivity contribution < 1.29 is 0 Å². The van der Waals surface area contributed by atoms with Gasteiger partial charge in [-0.15, -0.1) is 11.3 Å². The van der Waals surface area contributed by atoms with E-state index in [1.807, 2.05) is 47.7 Å². The highest BCUT2D eigenvalue weighted by Gasteiger charge is 2.24. The molecule has 0 aliphatic carbocycles. The summed E-state index contributed by atoms with van der Waals surface area (Å²) in [7, 11) is 0. The summed E-state index contributed by atoms with van der Waals surface area (Å²) < 4.78 is 7.38. The molecule has 0 unspecified atom stereocenters. The number of thiophene rings is 1. The second-order valence-corrected chi connectivity index (χ2v) is 17.0. The first-order chi connectivity index (χ1) is 31.3. The number of nitrogens with zero attached hydrogens (tertiary/aromatic N) is 5. The minimum absolute atomic E-state index is 0.640. The highest BCUT2D eigenvalue weighted by atomic mass is 32.1. The lowest BCUT2D eigenvalue weighted by Crippen LogP contribution is -2.00. The third-order valence-electron chi connectivity index (χ3n) is 12.4. The second-order valence-electron chi connectivity index (χ2n) is 16.0. The standard InChI is InChI=1S/C57H35N5S/c1-5-17-36(18-6-1)39-31-34-47-45(35-39)41-25-13-14-27-46(41)62(47)49-29-16-30-50-52(49)43-33-32-42-51-44(26-15-28-48(51)61(53(42)54(43)63-50)40-23-11-4-12-24-40)57-59-55(37-19-7-2-8-20-37)58-56(60-57)38-21-9-3-10-22-38/h1-35H. The number of para-hydroxylation sites is 2. The molecule has 13 aromatic rings. The van der Waals surface area contributed by atoms with E-state index in [1.54, 1.807) is 0 Å². The van der Waals surface area contributed by atoms with Crippen LogP contribution in [0.5, 0.6) is 0 Å². The van der Waals surface area contributed by atoms with Gasteiger partial charge in [0.25, 0.3) is 0 Å². The van der Waals surface area contributed by atoms with E-state index in [4.69, 9.17) is 15.0 Å². The van der Waals surface area contributed by atoms with Crippen molar-refractivity contribution in [2.45, 2.75) is 0 Å². The van der Waals surface area contributed by atoms with Crippen LogP contribution in [0.1, 0.15) is 0 Å². The van der Waals surface area contributed by atoms with E-state index in [9.17, 15) is 0 Å². The Morgan fingerprint density at radius 1 is 0.349 bits per heavy atom. The first kappa shape index (κ1) is 35.6. The fourth-order valence-electron chi connectivity index (χ4n) is 9.60. The van der Waals surface area contributed by atoms with Gasteiger partial charge in [-0.25, -0.2) is 15.0 Å². The Hall–Kier alpha value is -8.19. The molecule has 0 atom stereocenters. The molecule has 63 heavy (non-hydrogen) atoms. The molecule has 0 fully saturated rings. The summed E-state index contributed by atoms with van der Waals surface area (Å²) >= 11 is 1.86. The molecule has 5 nitrogen and oxygen atoms in total. The summed E-state index contributed by atoms with van der Waals surface area (Å²) in [6.45, 7) is 0. The largest absolute Gasteiger partial charge is 0.309 e. The van der Waals surface area contributed by atoms with E-state index in [0.717, 1.165) is 38.7 Å². The van der Waals surface area contributed by atoms with Crippen molar-refractivity contribution in [3.05, 3.63) is 212 Å². The Balaban J connectivity index is 1.09. The smallest absolute Gasteiger partial charge is 0.164 e. The zero-order chi connectivity index (χ0) is 41.4. The van der Waals surface area contributed by atoms with Crippen molar-refractivity contribution in [2.24, 2.45) is 0 Å². The maximum absolute atomic E-state index is 5.22. The number of benzene rings is 9. The van der Waals surface area contributed by atoms with Crippen molar-refractivity contribution >= 4 is 75.1 Å². The molecular weight excluding hydrogens is 787 g/mol. The van der Waals surface area contributed by atoms with Gasteiger partial charge in [-0.05, 0) is 59.7 Å². The Labute approximate surface area is 366 Å². The fraction of sp³-hybridized carbons (Fsp3) is 0. The van der Waals surface area contributed by atoms with Crippen LogP contribution in [0.3, 0.4) is 0 Å². The molecule has 4 heterocycles. The van der Waals surface area contributed by atoms with Gasteiger partial charge in [-0.2, -0.15) is 0 Å². The van der Waals surface area contributed by atoms with Crippen molar-refractivity contribution in [3.8, 4) is 56.7 Å². The lowest BCUT2D eigenvalue weighted by atomic mass is 10.0. The normalized spacial score (nSPS) is 11.8. The highest BCUT2D eigenvalue weighted by Crippen LogP contribution is 2.47. The molecule has 0 amide bonds. The maximum atomic E-state index is 5.22. The van der Waals surface area contributed by atoms with Crippen LogP contribution in [0.25, 0.3) is 120 Å². The van der Waals surface area contributed by atoms with E-state index in [2.05, 4.69) is 185 Å². The Bertz CT molecular complexity index is 3830. The predicted molar refractivity (Wildman–Crippen MR) is 263 cm³/mol. The van der Waals surface area contributed by atoms with Crippen molar-refractivity contribution in [1.29, 1.82) is 0 Å². The van der Waals surface area contributed by atoms with E-state index in [0.29, 0.717) is 17.5 Å². The Morgan fingerprint density at radius 2 is 0.937 bits per heavy atom. The minimum Gasteiger partial charge on any atom is -0.309 e. The molecule has 0 aliphatic rings. The third-order valence-corrected chi connectivity index (χ3v) is 13.5. The second kappa shape index (κ2) is 14.2. The van der Waals surface area contributed by atoms with Crippen molar-refractivity contribution in [2.75, 3.05) is 0 Å². The lowest BCUT2D eigenvalue weighted by Gasteiger charge is -2.11. The lowest BCUT2D eigenvalue weighted by molar-refractivity contribution is 1.08. The Kier molecular flexibility index (Phi) is 8.01. The molecule has 0 saturated carbocycles. The number of rotatable bonds is 6. The molecule has 6 heteroatoms. The SMILES string of the molecule is c1ccc(-c2ccc3c(c2)c2ccccc2n3-c2cccc3sc4c(ccc5c6c(-c7nc(-c8ccccc8)nc(-c8ccccc8)n7)cccc6n(-c6ccccc6)c54)c23)cc1. The molecule has 0 bridgehead atoms. The van der Waals surface area contributed by atoms with Gasteiger partial charge >= 0.3 is 0 Å². The van der Waals surface area contributed by atoms with Crippen LogP contribution in [0.2, 0.25) is 0 Å². The number of fused-ring (bicyclic) bond motifs is 10. The summed E-state index contributed by atoms with van der Waals surface area (Å²) in [4.78, 5) is 15.4. The van der Waals surface area contributed by atoms with Crippen LogP contribution in [0.15, 0.2) is 212 Å². The zero-order valence-corrected chi connectivity index (χ0v) is 34.7. The minimum atomic E-state index is 0.640. The fourth-order valence-corrected chi connectivity index (χ4v) is 10.9. The van der Waals surface area contributed by atoms with E-state index < -0.39 is 0 Å². The molecule has 294 valence electrons. The molecular formula is C57H35N5S. The van der Waals surface area contributed by atoms with E-state index >= 15 is 0 Å². The monoisotopic (exact) mass is 821 g/mol. The first-order valence-corrected chi connectivity index (χ1v) is 22.0. The quantitative estimate of drug-likeness (QED) is 0.168. The predicted octanol–water partition coefficient (Wildman–Crippen LogP) is 15.1. The van der Waals surface area contributed by atoms with Crippen molar-refractivity contribution in [3.63, 3.8) is 0 Å². The molecule has 0 N–H and O–H groups in total. The van der Waals surface area contributed by atoms with Gasteiger partial charge in [0.05, 0.1) is 32.5 Å². The summed E-state index contributed by atoms with van der Waals surface area (Å²) in [6.07, 6.45) is 0. The van der Waals surface area contributed by atoms with Gasteiger partial charge in [0.15, 0.2) is 17.5 Å². The topological polar surface area (TPSA) is 48.5 Å². The van der Waals surface area contributed by atoms with Crippen molar-refractivity contribution in [1.82, 2.24) is 24.1 Å². The van der Waals surface area contributed by atoms with Gasteiger partial charge in [0.1, 0.15) is 0 Å². The van der Waals surface area contributed by atoms with Crippen LogP contribution in [0, 0.1) is 0 Å². The van der Waals surface area contributed by atoms with Gasteiger partial charge in [0, 0.05) is 59.4 Å². The number of aromatic nitrogens is 5. The molecule has 0 saturated heterocycles. The van der Waals surface area contributed by atoms with Crippen LogP contribution < -0.4 is 0 Å². The van der Waals surface area contributed by atoms with E-state index in [-0.39, 0.29) is 0 Å². The first-order valence-electron chi connectivity index (χ1n) is 21.2. The molecule has 0 aliphatic heterocycles. The number of hydrogen-bond acceptors (Lipinski definition) is 4.